The Hall–Kier alpha value is -3.55. The van der Waals surface area contributed by atoms with Crippen LogP contribution in [-0.4, -0.2) is 25.2 Å². The second-order valence-corrected chi connectivity index (χ2v) is 9.40. The van der Waals surface area contributed by atoms with Crippen LogP contribution in [0.4, 0.5) is 5.69 Å². The fourth-order valence-electron chi connectivity index (χ4n) is 3.25. The van der Waals surface area contributed by atoms with Crippen molar-refractivity contribution in [3.63, 3.8) is 0 Å². The van der Waals surface area contributed by atoms with Crippen molar-refractivity contribution in [2.24, 2.45) is 4.99 Å². The van der Waals surface area contributed by atoms with Gasteiger partial charge in [0.1, 0.15) is 11.7 Å². The lowest BCUT2D eigenvalue weighted by Crippen LogP contribution is -2.35. The van der Waals surface area contributed by atoms with Crippen LogP contribution in [0.3, 0.4) is 0 Å². The largest absolute Gasteiger partial charge is 0.332 e. The van der Waals surface area contributed by atoms with E-state index in [0.29, 0.717) is 10.9 Å². The molecule has 0 fully saturated rings. The Kier molecular flexibility index (Phi) is 6.58. The molecule has 0 atom stereocenters. The maximum Gasteiger partial charge on any atom is 0.198 e. The third kappa shape index (κ3) is 5.19. The highest BCUT2D eigenvalue weighted by molar-refractivity contribution is 7.91. The van der Waals surface area contributed by atoms with Crippen LogP contribution >= 0.6 is 12.2 Å². The zero-order valence-corrected chi connectivity index (χ0v) is 18.7. The van der Waals surface area contributed by atoms with Crippen LogP contribution in [-0.2, 0) is 9.84 Å². The van der Waals surface area contributed by atoms with E-state index in [4.69, 9.17) is 12.2 Å². The lowest BCUT2D eigenvalue weighted by atomic mass is 10.1. The number of sulfone groups is 1. The Morgan fingerprint density at radius 2 is 1.41 bits per heavy atom. The fourth-order valence-corrected chi connectivity index (χ4v) is 4.47. The highest BCUT2D eigenvalue weighted by Gasteiger charge is 2.15. The van der Waals surface area contributed by atoms with Gasteiger partial charge in [0.15, 0.2) is 14.9 Å². The van der Waals surface area contributed by atoms with E-state index in [0.717, 1.165) is 22.0 Å². The van der Waals surface area contributed by atoms with Crippen LogP contribution in [0.15, 0.2) is 113 Å². The molecule has 0 aliphatic carbocycles. The Morgan fingerprint density at radius 3 is 2.16 bits per heavy atom. The van der Waals surface area contributed by atoms with Crippen molar-refractivity contribution in [3.8, 4) is 0 Å². The Bertz CT molecular complexity index is 1370. The summed E-state index contributed by atoms with van der Waals surface area (Å²) in [5, 5.41) is 8.72. The minimum Gasteiger partial charge on any atom is -0.332 e. The molecule has 160 valence electrons. The zero-order valence-electron chi connectivity index (χ0n) is 17.1. The van der Waals surface area contributed by atoms with Gasteiger partial charge >= 0.3 is 0 Å². The average Bonchev–Trinajstić information content (AvgIpc) is 2.83. The van der Waals surface area contributed by atoms with E-state index < -0.39 is 15.7 Å². The van der Waals surface area contributed by atoms with Gasteiger partial charge < -0.3 is 10.6 Å². The van der Waals surface area contributed by atoms with Gasteiger partial charge in [-0.2, -0.15) is 0 Å². The van der Waals surface area contributed by atoms with Crippen molar-refractivity contribution in [1.29, 1.82) is 0 Å². The molecule has 0 bridgehead atoms. The second-order valence-electron chi connectivity index (χ2n) is 7.04. The number of benzene rings is 4. The molecule has 2 N–H and O–H groups in total. The molecule has 0 radical (unpaired) electrons. The third-order valence-corrected chi connectivity index (χ3v) is 6.48. The quantitative estimate of drug-likeness (QED) is 0.250. The van der Waals surface area contributed by atoms with Gasteiger partial charge in [0, 0.05) is 16.6 Å². The average molecular weight is 460 g/mol. The van der Waals surface area contributed by atoms with Gasteiger partial charge in [0.25, 0.3) is 0 Å². The molecule has 4 aromatic rings. The molecule has 0 saturated heterocycles. The van der Waals surface area contributed by atoms with E-state index in [1.54, 1.807) is 30.3 Å². The first-order valence-electron chi connectivity index (χ1n) is 9.96. The van der Waals surface area contributed by atoms with Crippen molar-refractivity contribution < 1.29 is 8.42 Å². The van der Waals surface area contributed by atoms with E-state index in [1.807, 2.05) is 72.8 Å². The number of hydrogen-bond acceptors (Lipinski definition) is 4. The number of nitrogens with zero attached hydrogens (tertiary/aromatic N) is 1. The van der Waals surface area contributed by atoms with E-state index in [-0.39, 0.29) is 4.90 Å². The van der Waals surface area contributed by atoms with Gasteiger partial charge in [0.2, 0.25) is 0 Å². The number of amidine groups is 1. The molecule has 0 unspecified atom stereocenters. The summed E-state index contributed by atoms with van der Waals surface area (Å²) in [4.78, 5) is 4.61. The van der Waals surface area contributed by atoms with Crippen molar-refractivity contribution in [2.75, 3.05) is 11.2 Å². The van der Waals surface area contributed by atoms with E-state index in [9.17, 15) is 8.42 Å². The summed E-state index contributed by atoms with van der Waals surface area (Å²) in [6, 6.07) is 31.5. The number of anilines is 1. The SMILES string of the molecule is O=S(=O)(C/N=C(/NC(=S)Nc1cccc2ccccc12)c1ccccc1)c1ccccc1. The van der Waals surface area contributed by atoms with Gasteiger partial charge in [0.05, 0.1) is 4.90 Å². The Labute approximate surface area is 192 Å². The summed E-state index contributed by atoms with van der Waals surface area (Å²) in [6.07, 6.45) is 0. The number of thiocarbonyl (C=S) groups is 1. The molecule has 0 spiro atoms. The summed E-state index contributed by atoms with van der Waals surface area (Å²) in [7, 11) is -3.58. The van der Waals surface area contributed by atoms with Crippen LogP contribution in [0.5, 0.6) is 0 Å². The second kappa shape index (κ2) is 9.72. The first-order chi connectivity index (χ1) is 15.5. The first-order valence-corrected chi connectivity index (χ1v) is 12.0. The number of aliphatic imine (C=N–C) groups is 1. The van der Waals surface area contributed by atoms with E-state index in [2.05, 4.69) is 15.6 Å². The molecule has 0 aliphatic heterocycles. The van der Waals surface area contributed by atoms with Gasteiger partial charge in [-0.3, -0.25) is 4.99 Å². The minimum absolute atomic E-state index is 0.229. The number of nitrogens with one attached hydrogen (secondary N) is 2. The predicted molar refractivity (Wildman–Crippen MR) is 135 cm³/mol. The van der Waals surface area contributed by atoms with Crippen LogP contribution in [0.2, 0.25) is 0 Å². The van der Waals surface area contributed by atoms with Crippen molar-refractivity contribution in [3.05, 3.63) is 109 Å². The summed E-state index contributed by atoms with van der Waals surface area (Å²) in [5.41, 5.74) is 1.59. The molecular weight excluding hydrogens is 438 g/mol. The first kappa shape index (κ1) is 21.7. The maximum absolute atomic E-state index is 12.7. The van der Waals surface area contributed by atoms with Crippen molar-refractivity contribution in [1.82, 2.24) is 5.32 Å². The Balaban J connectivity index is 1.58. The molecule has 0 aliphatic rings. The molecule has 0 saturated carbocycles. The standard InChI is InChI=1S/C25H21N3O2S2/c29-32(30,21-14-5-2-6-15-21)18-26-24(20-11-3-1-4-12-20)28-25(31)27-23-17-9-13-19-10-7-8-16-22(19)23/h1-17H,18H2,(H2,26,27,28,31). The van der Waals surface area contributed by atoms with Crippen LogP contribution < -0.4 is 10.6 Å². The van der Waals surface area contributed by atoms with Crippen LogP contribution in [0.25, 0.3) is 10.8 Å². The van der Waals surface area contributed by atoms with Crippen LogP contribution in [0, 0.1) is 0 Å². The summed E-state index contributed by atoms with van der Waals surface area (Å²) >= 11 is 5.52. The zero-order chi connectivity index (χ0) is 22.4. The molecule has 7 heteroatoms. The van der Waals surface area contributed by atoms with Gasteiger partial charge in [-0.05, 0) is 35.8 Å². The summed E-state index contributed by atoms with van der Waals surface area (Å²) < 4.78 is 25.4. The third-order valence-electron chi connectivity index (χ3n) is 4.81. The predicted octanol–water partition coefficient (Wildman–Crippen LogP) is 5.00. The summed E-state index contributed by atoms with van der Waals surface area (Å²) in [6.45, 7) is 0. The fraction of sp³-hybridized carbons (Fsp3) is 0.0400. The van der Waals surface area contributed by atoms with Crippen molar-refractivity contribution >= 4 is 49.5 Å². The molecule has 4 aromatic carbocycles. The highest BCUT2D eigenvalue weighted by atomic mass is 32.2. The monoisotopic (exact) mass is 459 g/mol. The molecule has 5 nitrogen and oxygen atoms in total. The normalized spacial score (nSPS) is 11.8. The summed E-state index contributed by atoms with van der Waals surface area (Å²) in [5.74, 6) is -0.0201. The number of hydrogen-bond donors (Lipinski definition) is 2. The molecular formula is C25H21N3O2S2. The minimum atomic E-state index is -3.58. The highest BCUT2D eigenvalue weighted by Crippen LogP contribution is 2.22. The number of rotatable bonds is 5. The molecule has 0 amide bonds. The molecule has 0 heterocycles. The molecule has 0 aromatic heterocycles. The van der Waals surface area contributed by atoms with Gasteiger partial charge in [-0.1, -0.05) is 84.9 Å². The lowest BCUT2D eigenvalue weighted by molar-refractivity contribution is 0.596. The van der Waals surface area contributed by atoms with Crippen LogP contribution in [0.1, 0.15) is 5.56 Å². The topological polar surface area (TPSA) is 70.6 Å². The van der Waals surface area contributed by atoms with E-state index >= 15 is 0 Å². The maximum atomic E-state index is 12.7. The van der Waals surface area contributed by atoms with E-state index in [1.165, 1.54) is 0 Å². The molecule has 32 heavy (non-hydrogen) atoms. The Morgan fingerprint density at radius 1 is 0.781 bits per heavy atom. The van der Waals surface area contributed by atoms with Gasteiger partial charge in [-0.25, -0.2) is 8.42 Å². The van der Waals surface area contributed by atoms with Gasteiger partial charge in [-0.15, -0.1) is 0 Å². The molecule has 4 rings (SSSR count). The number of fused-ring (bicyclic) bond motifs is 1. The smallest absolute Gasteiger partial charge is 0.198 e. The van der Waals surface area contributed by atoms with Crippen molar-refractivity contribution in [2.45, 2.75) is 4.90 Å². The lowest BCUT2D eigenvalue weighted by Gasteiger charge is -2.15.